The number of nitro groups is 1. The first-order chi connectivity index (χ1) is 24.5. The molecular formula is C37H34N12O2. The van der Waals surface area contributed by atoms with Gasteiger partial charge in [0.2, 0.25) is 0 Å². The second kappa shape index (κ2) is 15.3. The van der Waals surface area contributed by atoms with Crippen molar-refractivity contribution in [3.63, 3.8) is 0 Å². The van der Waals surface area contributed by atoms with Gasteiger partial charge in [-0.25, -0.2) is 19.9 Å². The van der Waals surface area contributed by atoms with E-state index in [-0.39, 0.29) is 18.0 Å². The van der Waals surface area contributed by atoms with Gasteiger partial charge in [0.15, 0.2) is 0 Å². The first kappa shape index (κ1) is 33.7. The SMILES string of the molecule is C.Nc1cccc2c1ccn2Cc1ccnc(Nc2cnccn2)c1.O=[N+]([O-])c1cccc2c1ccn2Cc1ccnc(Nc2cnccn2)c1. The molecule has 0 aliphatic carbocycles. The molecule has 254 valence electrons. The Bertz CT molecular complexity index is 2390. The van der Waals surface area contributed by atoms with Crippen LogP contribution in [0.4, 0.5) is 34.6 Å². The molecule has 0 radical (unpaired) electrons. The maximum absolute atomic E-state index is 11.2. The second-order valence-electron chi connectivity index (χ2n) is 11.2. The average molecular weight is 679 g/mol. The van der Waals surface area contributed by atoms with Crippen LogP contribution in [0.3, 0.4) is 0 Å². The summed E-state index contributed by atoms with van der Waals surface area (Å²) in [6.45, 7) is 1.31. The molecule has 6 heterocycles. The van der Waals surface area contributed by atoms with Crippen LogP contribution in [0.5, 0.6) is 0 Å². The highest BCUT2D eigenvalue weighted by Gasteiger charge is 2.14. The third-order valence-electron chi connectivity index (χ3n) is 7.83. The zero-order valence-electron chi connectivity index (χ0n) is 26.5. The normalized spacial score (nSPS) is 10.6. The monoisotopic (exact) mass is 678 g/mol. The third kappa shape index (κ3) is 7.92. The average Bonchev–Trinajstić information content (AvgIpc) is 3.74. The van der Waals surface area contributed by atoms with Crippen LogP contribution in [0.25, 0.3) is 21.8 Å². The van der Waals surface area contributed by atoms with Gasteiger partial charge in [-0.15, -0.1) is 0 Å². The lowest BCUT2D eigenvalue weighted by molar-refractivity contribution is -0.383. The summed E-state index contributed by atoms with van der Waals surface area (Å²) in [6.07, 6.45) is 17.2. The number of nitrogens with zero attached hydrogens (tertiary/aromatic N) is 9. The Hall–Kier alpha value is -7.22. The number of nitrogens with two attached hydrogens (primary N) is 1. The van der Waals surface area contributed by atoms with E-state index in [1.165, 1.54) is 6.07 Å². The lowest BCUT2D eigenvalue weighted by atomic mass is 10.2. The van der Waals surface area contributed by atoms with Gasteiger partial charge in [0.1, 0.15) is 23.3 Å². The van der Waals surface area contributed by atoms with Gasteiger partial charge in [-0.1, -0.05) is 19.6 Å². The molecule has 4 N–H and O–H groups in total. The lowest BCUT2D eigenvalue weighted by Crippen LogP contribution is -2.01. The zero-order valence-corrected chi connectivity index (χ0v) is 26.5. The molecule has 0 aliphatic heterocycles. The number of nitrogens with one attached hydrogen (secondary N) is 2. The molecule has 0 saturated carbocycles. The van der Waals surface area contributed by atoms with Gasteiger partial charge >= 0.3 is 0 Å². The molecule has 6 aromatic heterocycles. The summed E-state index contributed by atoms with van der Waals surface area (Å²) in [5, 5.41) is 19.1. The molecule has 0 aliphatic rings. The highest BCUT2D eigenvalue weighted by atomic mass is 16.6. The molecule has 0 bridgehead atoms. The fourth-order valence-corrected chi connectivity index (χ4v) is 5.55. The molecule has 8 rings (SSSR count). The number of hydrogen-bond donors (Lipinski definition) is 3. The van der Waals surface area contributed by atoms with Crippen LogP contribution in [0.2, 0.25) is 0 Å². The largest absolute Gasteiger partial charge is 0.398 e. The van der Waals surface area contributed by atoms with Crippen molar-refractivity contribution in [3.8, 4) is 0 Å². The van der Waals surface area contributed by atoms with Gasteiger partial charge in [0.05, 0.1) is 33.7 Å². The molecule has 0 unspecified atom stereocenters. The second-order valence-corrected chi connectivity index (χ2v) is 11.2. The summed E-state index contributed by atoms with van der Waals surface area (Å²) in [7, 11) is 0. The van der Waals surface area contributed by atoms with Crippen LogP contribution < -0.4 is 16.4 Å². The molecule has 0 saturated heterocycles. The summed E-state index contributed by atoms with van der Waals surface area (Å²) in [6, 6.07) is 22.7. The van der Waals surface area contributed by atoms with Crippen molar-refractivity contribution >= 4 is 56.5 Å². The fourth-order valence-electron chi connectivity index (χ4n) is 5.55. The van der Waals surface area contributed by atoms with Crippen LogP contribution in [0, 0.1) is 10.1 Å². The van der Waals surface area contributed by atoms with E-state index in [2.05, 4.69) is 57.4 Å². The van der Waals surface area contributed by atoms with Gasteiger partial charge in [0, 0.05) is 79.8 Å². The van der Waals surface area contributed by atoms with E-state index in [0.29, 0.717) is 29.4 Å². The third-order valence-corrected chi connectivity index (χ3v) is 7.83. The predicted octanol–water partition coefficient (Wildman–Crippen LogP) is 7.36. The van der Waals surface area contributed by atoms with Gasteiger partial charge < -0.3 is 25.5 Å². The van der Waals surface area contributed by atoms with Crippen LogP contribution in [0.15, 0.2) is 135 Å². The number of nitro benzene ring substituents is 1. The van der Waals surface area contributed by atoms with Crippen molar-refractivity contribution in [3.05, 3.63) is 156 Å². The maximum Gasteiger partial charge on any atom is 0.278 e. The van der Waals surface area contributed by atoms with Crippen molar-refractivity contribution in [2.75, 3.05) is 16.4 Å². The number of anilines is 5. The summed E-state index contributed by atoms with van der Waals surface area (Å²) in [5.41, 5.74) is 11.0. The molecule has 0 amide bonds. The number of nitrogen functional groups attached to an aromatic ring is 1. The topological polar surface area (TPSA) is 180 Å². The number of benzene rings is 2. The fraction of sp³-hybridized carbons (Fsp3) is 0.0811. The van der Waals surface area contributed by atoms with Crippen LogP contribution in [-0.2, 0) is 13.1 Å². The van der Waals surface area contributed by atoms with E-state index in [4.69, 9.17) is 5.73 Å². The number of hydrogen-bond acceptors (Lipinski definition) is 11. The van der Waals surface area contributed by atoms with E-state index in [1.54, 1.807) is 61.7 Å². The summed E-state index contributed by atoms with van der Waals surface area (Å²) < 4.78 is 4.15. The first-order valence-electron chi connectivity index (χ1n) is 15.5. The van der Waals surface area contributed by atoms with Gasteiger partial charge in [-0.05, 0) is 65.7 Å². The lowest BCUT2D eigenvalue weighted by Gasteiger charge is -2.09. The van der Waals surface area contributed by atoms with E-state index >= 15 is 0 Å². The highest BCUT2D eigenvalue weighted by Crippen LogP contribution is 2.27. The van der Waals surface area contributed by atoms with Crippen molar-refractivity contribution in [2.24, 2.45) is 0 Å². The molecular weight excluding hydrogens is 644 g/mol. The van der Waals surface area contributed by atoms with Crippen molar-refractivity contribution in [1.82, 2.24) is 39.0 Å². The van der Waals surface area contributed by atoms with Gasteiger partial charge in [-0.3, -0.25) is 20.1 Å². The van der Waals surface area contributed by atoms with Crippen molar-refractivity contribution in [1.29, 1.82) is 0 Å². The van der Waals surface area contributed by atoms with E-state index in [9.17, 15) is 10.1 Å². The van der Waals surface area contributed by atoms with Crippen LogP contribution in [-0.4, -0.2) is 44.0 Å². The minimum atomic E-state index is -0.359. The minimum Gasteiger partial charge on any atom is -0.398 e. The molecule has 0 fully saturated rings. The van der Waals surface area contributed by atoms with E-state index in [0.717, 1.165) is 45.6 Å². The molecule has 8 aromatic rings. The number of fused-ring (bicyclic) bond motifs is 2. The summed E-state index contributed by atoms with van der Waals surface area (Å²) in [4.78, 5) is 35.8. The van der Waals surface area contributed by atoms with Crippen molar-refractivity contribution in [2.45, 2.75) is 20.5 Å². The molecule has 0 atom stereocenters. The Morgan fingerprint density at radius 1 is 0.627 bits per heavy atom. The quantitative estimate of drug-likeness (QED) is 0.0788. The molecule has 51 heavy (non-hydrogen) atoms. The molecule has 14 heteroatoms. The Labute approximate surface area is 292 Å². The van der Waals surface area contributed by atoms with Gasteiger partial charge in [-0.2, -0.15) is 0 Å². The van der Waals surface area contributed by atoms with Crippen molar-refractivity contribution < 1.29 is 4.92 Å². The molecule has 2 aromatic carbocycles. The van der Waals surface area contributed by atoms with Crippen LogP contribution >= 0.6 is 0 Å². The smallest absolute Gasteiger partial charge is 0.278 e. The van der Waals surface area contributed by atoms with Gasteiger partial charge in [0.25, 0.3) is 5.69 Å². The van der Waals surface area contributed by atoms with E-state index < -0.39 is 0 Å². The molecule has 14 nitrogen and oxygen atoms in total. The number of aromatic nitrogens is 8. The Balaban J connectivity index is 0.000000173. The Morgan fingerprint density at radius 2 is 1.14 bits per heavy atom. The Kier molecular flexibility index (Phi) is 10.1. The predicted molar refractivity (Wildman–Crippen MR) is 199 cm³/mol. The summed E-state index contributed by atoms with van der Waals surface area (Å²) >= 11 is 0. The maximum atomic E-state index is 11.2. The molecule has 0 spiro atoms. The van der Waals surface area contributed by atoms with Crippen LogP contribution in [0.1, 0.15) is 18.6 Å². The summed E-state index contributed by atoms with van der Waals surface area (Å²) in [5.74, 6) is 2.68. The highest BCUT2D eigenvalue weighted by molar-refractivity contribution is 5.91. The number of pyridine rings is 2. The number of non-ortho nitro benzene ring substituents is 1. The zero-order chi connectivity index (χ0) is 34.3. The van der Waals surface area contributed by atoms with E-state index in [1.807, 2.05) is 59.3 Å². The first-order valence-corrected chi connectivity index (χ1v) is 15.5. The number of rotatable bonds is 9. The minimum absolute atomic E-state index is 0. The Morgan fingerprint density at radius 3 is 1.67 bits per heavy atom. The standard InChI is InChI=1S/C18H14N6O2.C18H16N6.CH4/c25-24(26)16-3-1-2-15-14(16)5-9-23(15)12-13-4-6-20-17(10-13)22-18-11-19-7-8-21-18;19-15-2-1-3-16-14(15)5-9-24(16)12-13-4-6-21-17(10-13)23-18-11-20-7-8-22-18;/h1-11H,12H2,(H,20,21,22);1-11H,12,19H2,(H,21,22,23);1H4.